The summed E-state index contributed by atoms with van der Waals surface area (Å²) in [5.74, 6) is 1.05. The summed E-state index contributed by atoms with van der Waals surface area (Å²) in [6.07, 6.45) is 1.05. The minimum absolute atomic E-state index is 0.0239. The minimum atomic E-state index is 0.0239. The molecule has 0 saturated heterocycles. The van der Waals surface area contributed by atoms with Gasteiger partial charge in [0.25, 0.3) is 0 Å². The molecule has 2 heterocycles. The Kier molecular flexibility index (Phi) is 2.81. The lowest BCUT2D eigenvalue weighted by molar-refractivity contribution is 0.273. The van der Waals surface area contributed by atoms with E-state index in [1.165, 1.54) is 44.2 Å². The third-order valence-corrected chi connectivity index (χ3v) is 6.80. The van der Waals surface area contributed by atoms with E-state index in [1.54, 1.807) is 0 Å². The molecule has 0 unspecified atom stereocenters. The topological polar surface area (TPSA) is 14.2 Å². The molecule has 2 nitrogen and oxygen atoms in total. The maximum absolute atomic E-state index is 6.08. The van der Waals surface area contributed by atoms with Crippen molar-refractivity contribution in [1.29, 1.82) is 0 Å². The van der Waals surface area contributed by atoms with Gasteiger partial charge in [-0.3, -0.25) is 0 Å². The van der Waals surface area contributed by atoms with Crippen LogP contribution in [0.4, 0.5) is 0 Å². The predicted octanol–water partition coefficient (Wildman–Crippen LogP) is 6.02. The maximum atomic E-state index is 6.08. The van der Waals surface area contributed by atoms with E-state index in [1.807, 2.05) is 0 Å². The molecule has 1 aliphatic heterocycles. The van der Waals surface area contributed by atoms with Gasteiger partial charge in [-0.1, -0.05) is 54.6 Å². The van der Waals surface area contributed by atoms with Gasteiger partial charge in [-0.05, 0) is 53.9 Å². The fourth-order valence-corrected chi connectivity index (χ4v) is 5.45. The van der Waals surface area contributed by atoms with E-state index in [0.29, 0.717) is 0 Å². The molecular formula is C27H19NO. The average molecular weight is 373 g/mol. The van der Waals surface area contributed by atoms with Crippen LogP contribution in [0.25, 0.3) is 27.5 Å². The summed E-state index contributed by atoms with van der Waals surface area (Å²) >= 11 is 0. The molecule has 0 fully saturated rings. The predicted molar refractivity (Wildman–Crippen MR) is 117 cm³/mol. The molecule has 138 valence electrons. The Morgan fingerprint density at radius 3 is 2.41 bits per heavy atom. The monoisotopic (exact) mass is 373 g/mol. The molecule has 0 saturated carbocycles. The highest BCUT2D eigenvalue weighted by molar-refractivity contribution is 6.10. The fourth-order valence-electron chi connectivity index (χ4n) is 5.45. The number of para-hydroxylation sites is 3. The van der Waals surface area contributed by atoms with Crippen LogP contribution < -0.4 is 4.74 Å². The summed E-state index contributed by atoms with van der Waals surface area (Å²) in [5, 5.41) is 2.63. The summed E-state index contributed by atoms with van der Waals surface area (Å²) in [6, 6.07) is 32.8. The first kappa shape index (κ1) is 15.4. The van der Waals surface area contributed by atoms with Gasteiger partial charge >= 0.3 is 0 Å². The van der Waals surface area contributed by atoms with Crippen LogP contribution in [0, 0.1) is 0 Å². The number of hydrogen-bond acceptors (Lipinski definition) is 1. The van der Waals surface area contributed by atoms with Crippen molar-refractivity contribution in [3.05, 3.63) is 108 Å². The second-order valence-corrected chi connectivity index (χ2v) is 8.26. The van der Waals surface area contributed by atoms with E-state index in [2.05, 4.69) is 95.6 Å². The summed E-state index contributed by atoms with van der Waals surface area (Å²) < 4.78 is 8.48. The number of hydrogen-bond donors (Lipinski definition) is 0. The number of benzene rings is 4. The van der Waals surface area contributed by atoms with Crippen molar-refractivity contribution < 1.29 is 4.74 Å². The number of rotatable bonds is 1. The van der Waals surface area contributed by atoms with Crippen molar-refractivity contribution >= 4 is 21.8 Å². The number of aromatic nitrogens is 1. The molecule has 2 heteroatoms. The van der Waals surface area contributed by atoms with Crippen LogP contribution in [0.15, 0.2) is 91.0 Å². The van der Waals surface area contributed by atoms with Gasteiger partial charge in [0.15, 0.2) is 0 Å². The zero-order chi connectivity index (χ0) is 19.0. The molecule has 0 N–H and O–H groups in total. The Bertz CT molecular complexity index is 1430. The Morgan fingerprint density at radius 2 is 1.48 bits per heavy atom. The first-order valence-corrected chi connectivity index (χ1v) is 10.2. The van der Waals surface area contributed by atoms with Gasteiger partial charge in [0.2, 0.25) is 0 Å². The quantitative estimate of drug-likeness (QED) is 0.350. The molecule has 2 aliphatic rings. The molecule has 1 aromatic heterocycles. The van der Waals surface area contributed by atoms with Crippen molar-refractivity contribution in [2.75, 3.05) is 6.61 Å². The molecule has 0 bridgehead atoms. The van der Waals surface area contributed by atoms with E-state index < -0.39 is 0 Å². The molecule has 5 aromatic rings. The van der Waals surface area contributed by atoms with E-state index in [-0.39, 0.29) is 5.41 Å². The highest BCUT2D eigenvalue weighted by atomic mass is 16.5. The van der Waals surface area contributed by atoms with Crippen molar-refractivity contribution in [3.8, 4) is 11.4 Å². The average Bonchev–Trinajstić information content (AvgIpc) is 3.31. The SMILES string of the molecule is c1ccc(-n2c3ccccc3c3cc4c(cc32)C[C@]42COc3ccccc32)cc1. The Morgan fingerprint density at radius 1 is 0.690 bits per heavy atom. The zero-order valence-corrected chi connectivity index (χ0v) is 15.9. The first-order valence-electron chi connectivity index (χ1n) is 10.2. The van der Waals surface area contributed by atoms with Crippen molar-refractivity contribution in [2.45, 2.75) is 11.8 Å². The first-order chi connectivity index (χ1) is 14.4. The molecule has 29 heavy (non-hydrogen) atoms. The van der Waals surface area contributed by atoms with Crippen LogP contribution in [0.5, 0.6) is 5.75 Å². The fraction of sp³-hybridized carbons (Fsp3) is 0.111. The summed E-state index contributed by atoms with van der Waals surface area (Å²) in [7, 11) is 0. The normalized spacial score (nSPS) is 19.2. The number of ether oxygens (including phenoxy) is 1. The van der Waals surface area contributed by atoms with Gasteiger partial charge in [0, 0.05) is 22.0 Å². The van der Waals surface area contributed by atoms with Crippen molar-refractivity contribution in [1.82, 2.24) is 4.57 Å². The largest absolute Gasteiger partial charge is 0.492 e. The van der Waals surface area contributed by atoms with Crippen LogP contribution in [0.2, 0.25) is 0 Å². The molecule has 7 rings (SSSR count). The number of nitrogens with zero attached hydrogens (tertiary/aromatic N) is 1. The van der Waals surface area contributed by atoms with Gasteiger partial charge in [0.05, 0.1) is 16.4 Å². The van der Waals surface area contributed by atoms with Crippen LogP contribution in [-0.4, -0.2) is 11.2 Å². The van der Waals surface area contributed by atoms with Crippen molar-refractivity contribution in [2.24, 2.45) is 0 Å². The van der Waals surface area contributed by atoms with Gasteiger partial charge in [0.1, 0.15) is 12.4 Å². The third-order valence-electron chi connectivity index (χ3n) is 6.80. The van der Waals surface area contributed by atoms with E-state index in [4.69, 9.17) is 4.74 Å². The zero-order valence-electron chi connectivity index (χ0n) is 15.9. The molecule has 1 atom stereocenters. The van der Waals surface area contributed by atoms with Gasteiger partial charge in [-0.2, -0.15) is 0 Å². The Labute approximate surface area is 169 Å². The molecule has 1 spiro atoms. The smallest absolute Gasteiger partial charge is 0.123 e. The molecule has 4 aromatic carbocycles. The van der Waals surface area contributed by atoms with Gasteiger partial charge in [-0.25, -0.2) is 0 Å². The van der Waals surface area contributed by atoms with Crippen molar-refractivity contribution in [3.63, 3.8) is 0 Å². The molecule has 0 radical (unpaired) electrons. The lowest BCUT2D eigenvalue weighted by atomic mass is 9.61. The van der Waals surface area contributed by atoms with Gasteiger partial charge in [-0.15, -0.1) is 0 Å². The lowest BCUT2D eigenvalue weighted by Gasteiger charge is -2.40. The van der Waals surface area contributed by atoms with E-state index in [0.717, 1.165) is 18.8 Å². The van der Waals surface area contributed by atoms with Crippen LogP contribution in [0.1, 0.15) is 16.7 Å². The second-order valence-electron chi connectivity index (χ2n) is 8.26. The van der Waals surface area contributed by atoms with E-state index in [9.17, 15) is 0 Å². The van der Waals surface area contributed by atoms with Crippen LogP contribution in [-0.2, 0) is 11.8 Å². The second kappa shape index (κ2) is 5.30. The summed E-state index contributed by atoms with van der Waals surface area (Å²) in [6.45, 7) is 0.752. The molecule has 1 aliphatic carbocycles. The molecular weight excluding hydrogens is 354 g/mol. The standard InChI is InChI=1S/C27H19NO/c1-2-8-19(9-3-1)28-24-12-6-4-10-20(24)21-15-23-18(14-25(21)28)16-27(23)17-29-26-13-7-5-11-22(26)27/h1-15H,16-17H2/t27-/m1/s1. The summed E-state index contributed by atoms with van der Waals surface area (Å²) in [4.78, 5) is 0. The maximum Gasteiger partial charge on any atom is 0.123 e. The highest BCUT2D eigenvalue weighted by Gasteiger charge is 2.50. The third kappa shape index (κ3) is 1.86. The summed E-state index contributed by atoms with van der Waals surface area (Å²) in [5.41, 5.74) is 8.01. The lowest BCUT2D eigenvalue weighted by Crippen LogP contribution is -2.41. The number of fused-ring (bicyclic) bond motifs is 7. The molecule has 0 amide bonds. The van der Waals surface area contributed by atoms with Crippen LogP contribution >= 0.6 is 0 Å². The van der Waals surface area contributed by atoms with E-state index >= 15 is 0 Å². The highest BCUT2D eigenvalue weighted by Crippen LogP contribution is 2.54. The minimum Gasteiger partial charge on any atom is -0.492 e. The Hall–Kier alpha value is -3.52. The Balaban J connectivity index is 1.54. The van der Waals surface area contributed by atoms with Crippen LogP contribution in [0.3, 0.4) is 0 Å². The van der Waals surface area contributed by atoms with Gasteiger partial charge < -0.3 is 9.30 Å².